The zero-order valence-corrected chi connectivity index (χ0v) is 13.1. The van der Waals surface area contributed by atoms with E-state index in [2.05, 4.69) is 25.4 Å². The van der Waals surface area contributed by atoms with Crippen molar-refractivity contribution in [2.45, 2.75) is 6.18 Å². The van der Waals surface area contributed by atoms with Gasteiger partial charge in [-0.3, -0.25) is 0 Å². The summed E-state index contributed by atoms with van der Waals surface area (Å²) in [5.41, 5.74) is -1.16. The number of likely N-dealkylation sites (N-methyl/N-ethyl adjacent to an activating group) is 1. The number of fused-ring (bicyclic) bond motifs is 3. The van der Waals surface area contributed by atoms with Crippen LogP contribution in [0.4, 0.5) is 23.5 Å². The van der Waals surface area contributed by atoms with Gasteiger partial charge in [0.1, 0.15) is 5.82 Å². The van der Waals surface area contributed by atoms with Crippen molar-refractivity contribution in [2.75, 3.05) is 38.1 Å². The lowest BCUT2D eigenvalue weighted by Crippen LogP contribution is -2.45. The highest BCUT2D eigenvalue weighted by Gasteiger charge is 2.35. The molecule has 3 heterocycles. The van der Waals surface area contributed by atoms with Crippen LogP contribution in [-0.2, 0) is 6.18 Å². The fourth-order valence-corrected chi connectivity index (χ4v) is 2.91. The quantitative estimate of drug-likeness (QED) is 0.618. The Balaban J connectivity index is 1.93. The number of hydrogen-bond acceptors (Lipinski definition) is 6. The minimum atomic E-state index is -4.81. The predicted octanol–water partition coefficient (Wildman–Crippen LogP) is 1.58. The second-order valence-corrected chi connectivity index (χ2v) is 5.96. The van der Waals surface area contributed by atoms with Crippen molar-refractivity contribution in [3.63, 3.8) is 0 Å². The van der Waals surface area contributed by atoms with Gasteiger partial charge in [-0.2, -0.15) is 17.7 Å². The van der Waals surface area contributed by atoms with Crippen LogP contribution >= 0.6 is 0 Å². The van der Waals surface area contributed by atoms with Gasteiger partial charge >= 0.3 is 6.18 Å². The molecular weight excluding hydrogens is 342 g/mol. The third-order valence-electron chi connectivity index (χ3n) is 4.30. The highest BCUT2D eigenvalue weighted by molar-refractivity contribution is 5.92. The molecule has 132 valence electrons. The Morgan fingerprint density at radius 3 is 2.48 bits per heavy atom. The van der Waals surface area contributed by atoms with Crippen LogP contribution in [0, 0.1) is 5.82 Å². The minimum Gasteiger partial charge on any atom is -0.338 e. The van der Waals surface area contributed by atoms with E-state index in [0.717, 1.165) is 19.2 Å². The van der Waals surface area contributed by atoms with Crippen LogP contribution in [0.5, 0.6) is 0 Å². The van der Waals surface area contributed by atoms with Gasteiger partial charge in [-0.1, -0.05) is 0 Å². The summed E-state index contributed by atoms with van der Waals surface area (Å²) in [6, 6.07) is 1.49. The average molecular weight is 355 g/mol. The SMILES string of the molecule is CN1CCN(c2nc3cc(F)c(C(F)(F)F)cc3c3nnnn23)CC1. The molecule has 0 amide bonds. The number of alkyl halides is 3. The van der Waals surface area contributed by atoms with Crippen LogP contribution in [0.15, 0.2) is 12.1 Å². The molecule has 0 saturated carbocycles. The third-order valence-corrected chi connectivity index (χ3v) is 4.30. The zero-order chi connectivity index (χ0) is 17.8. The molecule has 0 atom stereocenters. The molecule has 0 spiro atoms. The second kappa shape index (κ2) is 5.48. The van der Waals surface area contributed by atoms with Crippen molar-refractivity contribution in [3.05, 3.63) is 23.5 Å². The van der Waals surface area contributed by atoms with E-state index in [1.54, 1.807) is 0 Å². The normalized spacial score (nSPS) is 16.9. The molecule has 0 N–H and O–H groups in total. The van der Waals surface area contributed by atoms with E-state index in [1.165, 1.54) is 4.52 Å². The highest BCUT2D eigenvalue weighted by atomic mass is 19.4. The first-order chi connectivity index (χ1) is 11.8. The number of nitrogens with zero attached hydrogens (tertiary/aromatic N) is 7. The summed E-state index contributed by atoms with van der Waals surface area (Å²) in [6.07, 6.45) is -4.81. The monoisotopic (exact) mass is 355 g/mol. The molecule has 0 aliphatic carbocycles. The number of rotatable bonds is 1. The number of halogens is 4. The Morgan fingerprint density at radius 1 is 1.08 bits per heavy atom. The van der Waals surface area contributed by atoms with Crippen LogP contribution < -0.4 is 4.90 Å². The highest BCUT2D eigenvalue weighted by Crippen LogP contribution is 2.34. The molecule has 11 heteroatoms. The second-order valence-electron chi connectivity index (χ2n) is 5.96. The lowest BCUT2D eigenvalue weighted by molar-refractivity contribution is -0.139. The summed E-state index contributed by atoms with van der Waals surface area (Å²) in [5.74, 6) is -0.978. The Morgan fingerprint density at radius 2 is 1.80 bits per heavy atom. The first kappa shape index (κ1) is 15.9. The number of anilines is 1. The Labute approximate surface area is 138 Å². The number of aromatic nitrogens is 5. The topological polar surface area (TPSA) is 62.5 Å². The van der Waals surface area contributed by atoms with E-state index in [9.17, 15) is 17.6 Å². The number of piperazine rings is 1. The molecule has 3 aromatic rings. The predicted molar refractivity (Wildman–Crippen MR) is 80.8 cm³/mol. The molecule has 7 nitrogen and oxygen atoms in total. The summed E-state index contributed by atoms with van der Waals surface area (Å²) in [5, 5.41) is 11.2. The number of hydrogen-bond donors (Lipinski definition) is 0. The standard InChI is InChI=1S/C14H13F4N7/c1-23-2-4-24(5-3-23)13-19-11-7-10(15)9(14(16,17)18)6-8(11)12-20-21-22-25(12)13/h6-7H,2-5H2,1H3. The van der Waals surface area contributed by atoms with E-state index in [1.807, 2.05) is 11.9 Å². The maximum absolute atomic E-state index is 13.9. The molecule has 0 unspecified atom stereocenters. The zero-order valence-electron chi connectivity index (χ0n) is 13.1. The summed E-state index contributed by atoms with van der Waals surface area (Å²) in [7, 11) is 1.99. The van der Waals surface area contributed by atoms with E-state index in [4.69, 9.17) is 0 Å². The lowest BCUT2D eigenvalue weighted by atomic mass is 10.1. The molecule has 1 aromatic carbocycles. The summed E-state index contributed by atoms with van der Waals surface area (Å²) in [4.78, 5) is 8.40. The first-order valence-electron chi connectivity index (χ1n) is 7.56. The molecule has 25 heavy (non-hydrogen) atoms. The Kier molecular flexibility index (Phi) is 3.49. The molecule has 1 aliphatic rings. The summed E-state index contributed by atoms with van der Waals surface area (Å²) >= 11 is 0. The van der Waals surface area contributed by atoms with E-state index in [0.29, 0.717) is 25.1 Å². The van der Waals surface area contributed by atoms with Crippen LogP contribution in [0.1, 0.15) is 5.56 Å². The van der Waals surface area contributed by atoms with Crippen molar-refractivity contribution in [1.82, 2.24) is 29.9 Å². The van der Waals surface area contributed by atoms with Crippen LogP contribution in [0.2, 0.25) is 0 Å². The number of tetrazole rings is 1. The molecule has 0 bridgehead atoms. The maximum Gasteiger partial charge on any atom is 0.419 e. The molecule has 1 fully saturated rings. The minimum absolute atomic E-state index is 0.0524. The van der Waals surface area contributed by atoms with E-state index in [-0.39, 0.29) is 16.6 Å². The molecule has 4 rings (SSSR count). The first-order valence-corrected chi connectivity index (χ1v) is 7.56. The van der Waals surface area contributed by atoms with Gasteiger partial charge < -0.3 is 9.80 Å². The van der Waals surface area contributed by atoms with Gasteiger partial charge in [0, 0.05) is 37.6 Å². The Hall–Kier alpha value is -2.56. The summed E-state index contributed by atoms with van der Waals surface area (Å²) in [6.45, 7) is 2.91. The van der Waals surface area contributed by atoms with Gasteiger partial charge in [0.25, 0.3) is 0 Å². The van der Waals surface area contributed by atoms with Gasteiger partial charge in [-0.05, 0) is 23.5 Å². The van der Waals surface area contributed by atoms with Gasteiger partial charge in [0.2, 0.25) is 5.95 Å². The van der Waals surface area contributed by atoms with Gasteiger partial charge in [0.05, 0.1) is 11.1 Å². The molecule has 2 aromatic heterocycles. The van der Waals surface area contributed by atoms with Crippen molar-refractivity contribution in [1.29, 1.82) is 0 Å². The third kappa shape index (κ3) is 2.64. The van der Waals surface area contributed by atoms with Crippen LogP contribution in [0.25, 0.3) is 16.6 Å². The smallest absolute Gasteiger partial charge is 0.338 e. The molecular formula is C14H13F4N7. The van der Waals surface area contributed by atoms with E-state index < -0.39 is 17.6 Å². The van der Waals surface area contributed by atoms with Crippen LogP contribution in [0.3, 0.4) is 0 Å². The molecule has 1 saturated heterocycles. The van der Waals surface area contributed by atoms with Gasteiger partial charge in [0.15, 0.2) is 5.65 Å². The fraction of sp³-hybridized carbons (Fsp3) is 0.429. The van der Waals surface area contributed by atoms with Crippen molar-refractivity contribution in [3.8, 4) is 0 Å². The van der Waals surface area contributed by atoms with Gasteiger partial charge in [-0.25, -0.2) is 9.37 Å². The van der Waals surface area contributed by atoms with Crippen molar-refractivity contribution in [2.24, 2.45) is 0 Å². The van der Waals surface area contributed by atoms with Crippen molar-refractivity contribution >= 4 is 22.5 Å². The molecule has 0 radical (unpaired) electrons. The van der Waals surface area contributed by atoms with Crippen molar-refractivity contribution < 1.29 is 17.6 Å². The average Bonchev–Trinajstić information content (AvgIpc) is 3.03. The Bertz CT molecular complexity index is 944. The number of benzene rings is 1. The lowest BCUT2D eigenvalue weighted by Gasteiger charge is -2.32. The van der Waals surface area contributed by atoms with Crippen LogP contribution in [-0.4, -0.2) is 63.2 Å². The fourth-order valence-electron chi connectivity index (χ4n) is 2.91. The van der Waals surface area contributed by atoms with Gasteiger partial charge in [-0.15, -0.1) is 5.10 Å². The summed E-state index contributed by atoms with van der Waals surface area (Å²) < 4.78 is 54.2. The van der Waals surface area contributed by atoms with E-state index >= 15 is 0 Å². The largest absolute Gasteiger partial charge is 0.419 e. The molecule has 1 aliphatic heterocycles. The maximum atomic E-state index is 13.9.